The number of anilines is 1. The third-order valence-electron chi connectivity index (χ3n) is 4.46. The summed E-state index contributed by atoms with van der Waals surface area (Å²) in [7, 11) is 1.45. The molecule has 4 rings (SSSR count). The molecule has 0 spiro atoms. The fourth-order valence-electron chi connectivity index (χ4n) is 3.16. The highest BCUT2D eigenvalue weighted by atomic mass is 32.5. The molecule has 1 aliphatic rings. The van der Waals surface area contributed by atoms with Gasteiger partial charge in [0.25, 0.3) is 0 Å². The van der Waals surface area contributed by atoms with Gasteiger partial charge in [0.1, 0.15) is 24.0 Å². The van der Waals surface area contributed by atoms with E-state index < -0.39 is 42.3 Å². The van der Waals surface area contributed by atoms with Crippen molar-refractivity contribution in [3.8, 4) is 11.6 Å². The maximum absolute atomic E-state index is 14.6. The number of methoxy groups -OCH3 is 1. The molecule has 0 fully saturated rings. The van der Waals surface area contributed by atoms with E-state index in [0.717, 1.165) is 17.0 Å². The van der Waals surface area contributed by atoms with Crippen LogP contribution in [0.3, 0.4) is 0 Å². The number of amides is 1. The van der Waals surface area contributed by atoms with Crippen LogP contribution in [0.15, 0.2) is 30.5 Å². The van der Waals surface area contributed by atoms with Crippen LogP contribution < -0.4 is 14.2 Å². The lowest BCUT2D eigenvalue weighted by Crippen LogP contribution is -2.36. The van der Waals surface area contributed by atoms with E-state index in [4.69, 9.17) is 9.47 Å². The number of cyclic esters (lactones) is 1. The van der Waals surface area contributed by atoms with Gasteiger partial charge in [0, 0.05) is 52.7 Å². The molecule has 2 N–H and O–H groups in total. The highest BCUT2D eigenvalue weighted by Crippen LogP contribution is 2.40. The summed E-state index contributed by atoms with van der Waals surface area (Å²) in [5, 5.41) is 0.469. The number of rotatable bonds is 5. The number of halogens is 2. The lowest BCUT2D eigenvalue weighted by atomic mass is 10.1. The zero-order valence-corrected chi connectivity index (χ0v) is 17.5. The summed E-state index contributed by atoms with van der Waals surface area (Å²) >= 11 is 4.30. The van der Waals surface area contributed by atoms with Crippen LogP contribution in [0.2, 0.25) is 0 Å². The molecule has 0 saturated heterocycles. The van der Waals surface area contributed by atoms with E-state index >= 15 is 0 Å². The molecule has 1 amide bonds. The maximum Gasteiger partial charge on any atom is 0.414 e. The number of fused-ring (bicyclic) bond motifs is 3. The molecule has 0 bridgehead atoms. The number of aromatic nitrogens is 2. The minimum Gasteiger partial charge on any atom is -0.481 e. The van der Waals surface area contributed by atoms with Crippen LogP contribution in [0.1, 0.15) is 11.1 Å². The van der Waals surface area contributed by atoms with Crippen LogP contribution in [0.4, 0.5) is 19.3 Å². The van der Waals surface area contributed by atoms with E-state index in [9.17, 15) is 23.4 Å². The molecule has 162 valence electrons. The van der Waals surface area contributed by atoms with Crippen molar-refractivity contribution in [3.63, 3.8) is 0 Å². The van der Waals surface area contributed by atoms with Crippen molar-refractivity contribution >= 4 is 41.3 Å². The van der Waals surface area contributed by atoms with Gasteiger partial charge in [-0.2, -0.15) is 4.98 Å². The number of hydrogen-bond acceptors (Lipinski definition) is 7. The monoisotopic (exact) mass is 469 g/mol. The summed E-state index contributed by atoms with van der Waals surface area (Å²) in [5.74, 6) is -2.32. The van der Waals surface area contributed by atoms with Gasteiger partial charge in [-0.3, -0.25) is 4.90 Å². The first kappa shape index (κ1) is 21.3. The standard InChI is InChI=1S/C18H14F2N3O6PS/c1-27-15-3-2-11-16-9(6-21-17(11)22-15)8-28-18(24)23(16)7-12-13(19)4-10(5-14(12)20)29-30(25,26)31/h2-6H,7-8H2,1H3,(H2,25,26,31). The van der Waals surface area contributed by atoms with Gasteiger partial charge < -0.3 is 23.8 Å². The van der Waals surface area contributed by atoms with Gasteiger partial charge in [-0.25, -0.2) is 18.6 Å². The molecule has 31 heavy (non-hydrogen) atoms. The topological polar surface area (TPSA) is 114 Å². The fourth-order valence-corrected chi connectivity index (χ4v) is 3.80. The Labute approximate surface area is 179 Å². The number of carbonyl (C=O) groups is 1. The van der Waals surface area contributed by atoms with Gasteiger partial charge in [-0.15, -0.1) is 0 Å². The van der Waals surface area contributed by atoms with Crippen molar-refractivity contribution in [2.24, 2.45) is 0 Å². The second-order valence-electron chi connectivity index (χ2n) is 6.44. The molecule has 1 aromatic carbocycles. The zero-order valence-electron chi connectivity index (χ0n) is 15.8. The minimum atomic E-state index is -4.17. The first-order valence-electron chi connectivity index (χ1n) is 8.66. The molecule has 0 atom stereocenters. The third kappa shape index (κ3) is 4.28. The number of benzene rings is 1. The zero-order chi connectivity index (χ0) is 22.3. The number of pyridine rings is 2. The van der Waals surface area contributed by atoms with Crippen molar-refractivity contribution in [2.45, 2.75) is 13.2 Å². The number of nitrogens with zero attached hydrogens (tertiary/aromatic N) is 3. The first-order valence-corrected chi connectivity index (χ1v) is 11.3. The van der Waals surface area contributed by atoms with Crippen LogP contribution >= 0.6 is 6.72 Å². The molecular weight excluding hydrogens is 455 g/mol. The maximum atomic E-state index is 14.6. The van der Waals surface area contributed by atoms with Crippen molar-refractivity contribution in [1.29, 1.82) is 0 Å². The van der Waals surface area contributed by atoms with Gasteiger partial charge in [0.2, 0.25) is 5.88 Å². The second-order valence-corrected chi connectivity index (χ2v) is 9.04. The van der Waals surface area contributed by atoms with Gasteiger partial charge in [-0.1, -0.05) is 0 Å². The van der Waals surface area contributed by atoms with E-state index in [1.54, 1.807) is 12.1 Å². The highest BCUT2D eigenvalue weighted by Gasteiger charge is 2.31. The Morgan fingerprint density at radius 3 is 2.65 bits per heavy atom. The SMILES string of the molecule is COc1ccc2c3c(cnc2n1)COC(=O)N3Cc1c(F)cc(OP(O)(O)=S)cc1F. The molecule has 0 unspecified atom stereocenters. The molecule has 9 nitrogen and oxygen atoms in total. The Morgan fingerprint density at radius 2 is 2.00 bits per heavy atom. The largest absolute Gasteiger partial charge is 0.481 e. The lowest BCUT2D eigenvalue weighted by molar-refractivity contribution is 0.141. The van der Waals surface area contributed by atoms with E-state index in [2.05, 4.69) is 26.3 Å². The molecule has 0 radical (unpaired) electrons. The average molecular weight is 469 g/mol. The Morgan fingerprint density at radius 1 is 1.29 bits per heavy atom. The normalized spacial score (nSPS) is 13.7. The average Bonchev–Trinajstić information content (AvgIpc) is 2.70. The summed E-state index contributed by atoms with van der Waals surface area (Å²) in [4.78, 5) is 40.4. The van der Waals surface area contributed by atoms with Crippen molar-refractivity contribution < 1.29 is 37.4 Å². The summed E-state index contributed by atoms with van der Waals surface area (Å²) in [5.41, 5.74) is 0.699. The molecule has 0 aliphatic carbocycles. The summed E-state index contributed by atoms with van der Waals surface area (Å²) in [6, 6.07) is 4.71. The first-order chi connectivity index (χ1) is 14.7. The van der Waals surface area contributed by atoms with Crippen molar-refractivity contribution in [1.82, 2.24) is 9.97 Å². The molecular formula is C18H14F2N3O6PS. The van der Waals surface area contributed by atoms with Crippen LogP contribution in [-0.4, -0.2) is 33.0 Å². The summed E-state index contributed by atoms with van der Waals surface area (Å²) < 4.78 is 44.0. The van der Waals surface area contributed by atoms with Crippen LogP contribution in [0.5, 0.6) is 11.6 Å². The fraction of sp³-hybridized carbons (Fsp3) is 0.167. The predicted molar refractivity (Wildman–Crippen MR) is 108 cm³/mol. The molecule has 1 aliphatic heterocycles. The van der Waals surface area contributed by atoms with Gasteiger partial charge >= 0.3 is 12.8 Å². The quantitative estimate of drug-likeness (QED) is 0.544. The highest BCUT2D eigenvalue weighted by molar-refractivity contribution is 8.06. The predicted octanol–water partition coefficient (Wildman–Crippen LogP) is 3.16. The van der Waals surface area contributed by atoms with E-state index in [1.165, 1.54) is 13.3 Å². The van der Waals surface area contributed by atoms with Crippen molar-refractivity contribution in [3.05, 3.63) is 53.2 Å². The lowest BCUT2D eigenvalue weighted by Gasteiger charge is -2.30. The third-order valence-corrected chi connectivity index (χ3v) is 5.13. The Balaban J connectivity index is 1.77. The molecule has 3 aromatic rings. The second kappa shape index (κ2) is 7.97. The van der Waals surface area contributed by atoms with Crippen molar-refractivity contribution in [2.75, 3.05) is 12.0 Å². The minimum absolute atomic E-state index is 0.0605. The van der Waals surface area contributed by atoms with E-state index in [0.29, 0.717) is 22.5 Å². The number of hydrogen-bond donors (Lipinski definition) is 2. The Bertz CT molecular complexity index is 1230. The van der Waals surface area contributed by atoms with Crippen LogP contribution in [0, 0.1) is 11.6 Å². The smallest absolute Gasteiger partial charge is 0.414 e. The van der Waals surface area contributed by atoms with Crippen LogP contribution in [0.25, 0.3) is 11.0 Å². The molecule has 3 heterocycles. The number of ether oxygens (including phenoxy) is 2. The van der Waals surface area contributed by atoms with E-state index in [1.807, 2.05) is 0 Å². The van der Waals surface area contributed by atoms with Gasteiger partial charge in [-0.05, 0) is 6.07 Å². The Kier molecular flexibility index (Phi) is 5.48. The van der Waals surface area contributed by atoms with E-state index in [-0.39, 0.29) is 12.3 Å². The molecule has 13 heteroatoms. The van der Waals surface area contributed by atoms with Crippen LogP contribution in [-0.2, 0) is 29.7 Å². The molecule has 2 aromatic heterocycles. The Hall–Kier alpha value is -2.92. The summed E-state index contributed by atoms with van der Waals surface area (Å²) in [6.07, 6.45) is 0.652. The van der Waals surface area contributed by atoms with Gasteiger partial charge in [0.05, 0.1) is 19.3 Å². The summed E-state index contributed by atoms with van der Waals surface area (Å²) in [6.45, 7) is -4.75. The number of carbonyl (C=O) groups excluding carboxylic acids is 1. The molecule has 0 saturated carbocycles. The van der Waals surface area contributed by atoms with Gasteiger partial charge in [0.15, 0.2) is 5.65 Å².